The van der Waals surface area contributed by atoms with Gasteiger partial charge in [0, 0.05) is 18.3 Å². The van der Waals surface area contributed by atoms with E-state index in [9.17, 15) is 4.79 Å². The molecule has 0 spiro atoms. The van der Waals surface area contributed by atoms with Crippen LogP contribution in [0.3, 0.4) is 0 Å². The minimum absolute atomic E-state index is 0.169. The third-order valence-corrected chi connectivity index (χ3v) is 4.32. The van der Waals surface area contributed by atoms with Gasteiger partial charge in [0.15, 0.2) is 0 Å². The molecule has 0 fully saturated rings. The molecule has 1 rings (SSSR count). The Hall–Kier alpha value is -0.740. The molecule has 1 heterocycles. The molecule has 0 radical (unpaired) electrons. The molecule has 0 aliphatic carbocycles. The Morgan fingerprint density at radius 3 is 2.42 bits per heavy atom. The molecule has 1 aromatic heterocycles. The zero-order valence-corrected chi connectivity index (χ0v) is 13.2. The fourth-order valence-corrected chi connectivity index (χ4v) is 2.55. The lowest BCUT2D eigenvalue weighted by Crippen LogP contribution is -2.51. The van der Waals surface area contributed by atoms with Crippen LogP contribution in [0.2, 0.25) is 0 Å². The summed E-state index contributed by atoms with van der Waals surface area (Å²) in [6, 6.07) is 1.82. The van der Waals surface area contributed by atoms with E-state index in [0.717, 1.165) is 12.1 Å². The highest BCUT2D eigenvalue weighted by Gasteiger charge is 2.29. The van der Waals surface area contributed by atoms with E-state index in [4.69, 9.17) is 23.2 Å². The number of alkyl halides is 2. The highest BCUT2D eigenvalue weighted by atomic mass is 35.5. The topological polar surface area (TPSA) is 46.9 Å². The van der Waals surface area contributed by atoms with Crippen molar-refractivity contribution < 1.29 is 4.79 Å². The summed E-state index contributed by atoms with van der Waals surface area (Å²) in [6.45, 7) is 6.58. The van der Waals surface area contributed by atoms with Crippen molar-refractivity contribution in [2.75, 3.05) is 11.8 Å². The van der Waals surface area contributed by atoms with Crippen molar-refractivity contribution in [3.8, 4) is 0 Å². The van der Waals surface area contributed by atoms with E-state index in [-0.39, 0.29) is 5.91 Å². The molecule has 19 heavy (non-hydrogen) atoms. The number of carbonyl (C=O) groups excluding carboxylic acids is 1. The Kier molecular flexibility index (Phi) is 6.14. The second-order valence-electron chi connectivity index (χ2n) is 4.55. The summed E-state index contributed by atoms with van der Waals surface area (Å²) in [7, 11) is 0. The lowest BCUT2D eigenvalue weighted by atomic mass is 10.0. The van der Waals surface area contributed by atoms with Gasteiger partial charge in [-0.05, 0) is 25.8 Å². The van der Waals surface area contributed by atoms with Gasteiger partial charge in [-0.1, -0.05) is 13.8 Å². The van der Waals surface area contributed by atoms with Crippen LogP contribution < -0.4 is 5.32 Å². The monoisotopic (exact) mass is 305 g/mol. The fourth-order valence-electron chi connectivity index (χ4n) is 1.75. The van der Waals surface area contributed by atoms with E-state index in [2.05, 4.69) is 10.4 Å². The highest BCUT2D eigenvalue weighted by molar-refractivity contribution is 6.22. The van der Waals surface area contributed by atoms with Gasteiger partial charge >= 0.3 is 0 Å². The number of rotatable bonds is 7. The van der Waals surface area contributed by atoms with Gasteiger partial charge in [0.05, 0.1) is 11.2 Å². The summed E-state index contributed by atoms with van der Waals surface area (Å²) in [6.07, 6.45) is 1.49. The van der Waals surface area contributed by atoms with Crippen LogP contribution in [-0.4, -0.2) is 33.0 Å². The van der Waals surface area contributed by atoms with Crippen molar-refractivity contribution in [2.45, 2.75) is 45.7 Å². The van der Waals surface area contributed by atoms with Crippen LogP contribution >= 0.6 is 23.2 Å². The van der Waals surface area contributed by atoms with Crippen LogP contribution in [0, 0.1) is 0 Å². The first kappa shape index (κ1) is 16.3. The predicted octanol–water partition coefficient (Wildman–Crippen LogP) is 2.82. The number of nitrogens with zero attached hydrogens (tertiary/aromatic N) is 2. The molecule has 108 valence electrons. The maximum atomic E-state index is 12.4. The normalized spacial score (nSPS) is 11.6. The second-order valence-corrected chi connectivity index (χ2v) is 5.08. The van der Waals surface area contributed by atoms with Gasteiger partial charge in [-0.3, -0.25) is 9.48 Å². The van der Waals surface area contributed by atoms with E-state index in [0.29, 0.717) is 30.4 Å². The number of aromatic nitrogens is 2. The van der Waals surface area contributed by atoms with Gasteiger partial charge < -0.3 is 5.32 Å². The molecule has 0 aliphatic rings. The summed E-state index contributed by atoms with van der Waals surface area (Å²) < 4.78 is 1.71. The van der Waals surface area contributed by atoms with E-state index in [1.807, 2.05) is 26.8 Å². The molecule has 0 aliphatic heterocycles. The molecule has 6 heteroatoms. The third-order valence-electron chi connectivity index (χ3n) is 3.29. The number of aryl methyl sites for hydroxylation is 2. The molecule has 0 bridgehead atoms. The molecular weight excluding hydrogens is 285 g/mol. The van der Waals surface area contributed by atoms with E-state index in [1.54, 1.807) is 4.68 Å². The quantitative estimate of drug-likeness (QED) is 0.787. The Labute approximate surface area is 124 Å². The van der Waals surface area contributed by atoms with Gasteiger partial charge in [-0.25, -0.2) is 0 Å². The molecule has 1 aromatic rings. The number of halogens is 2. The lowest BCUT2D eigenvalue weighted by Gasteiger charge is -2.29. The molecule has 0 saturated carbocycles. The first-order valence-electron chi connectivity index (χ1n) is 6.56. The van der Waals surface area contributed by atoms with Gasteiger partial charge in [-0.2, -0.15) is 5.10 Å². The number of amides is 1. The molecular formula is C13H21Cl2N3O. The fraction of sp³-hybridized carbons (Fsp3) is 0.692. The largest absolute Gasteiger partial charge is 0.343 e. The third kappa shape index (κ3) is 3.63. The number of nitrogens with one attached hydrogen (secondary N) is 1. The van der Waals surface area contributed by atoms with Gasteiger partial charge in [0.1, 0.15) is 5.69 Å². The predicted molar refractivity (Wildman–Crippen MR) is 79.2 cm³/mol. The van der Waals surface area contributed by atoms with Crippen molar-refractivity contribution >= 4 is 29.1 Å². The summed E-state index contributed by atoms with van der Waals surface area (Å²) in [5.41, 5.74) is 0.911. The number of hydrogen-bond donors (Lipinski definition) is 1. The number of carbonyl (C=O) groups is 1. The van der Waals surface area contributed by atoms with E-state index >= 15 is 0 Å². The first-order valence-corrected chi connectivity index (χ1v) is 7.63. The van der Waals surface area contributed by atoms with Crippen molar-refractivity contribution in [3.63, 3.8) is 0 Å². The SMILES string of the molecule is CCc1cc(C(=O)NC(CC)(CCl)CCl)n(CC)n1. The zero-order chi connectivity index (χ0) is 14.5. The molecule has 0 saturated heterocycles. The highest BCUT2D eigenvalue weighted by Crippen LogP contribution is 2.16. The van der Waals surface area contributed by atoms with Gasteiger partial charge in [0.25, 0.3) is 5.91 Å². The Morgan fingerprint density at radius 1 is 1.37 bits per heavy atom. The van der Waals surface area contributed by atoms with Crippen LogP contribution in [0.15, 0.2) is 6.07 Å². The minimum Gasteiger partial charge on any atom is -0.343 e. The minimum atomic E-state index is -0.560. The van der Waals surface area contributed by atoms with Gasteiger partial charge in [0.2, 0.25) is 0 Å². The van der Waals surface area contributed by atoms with Crippen LogP contribution in [-0.2, 0) is 13.0 Å². The van der Waals surface area contributed by atoms with Crippen LogP contribution in [0.1, 0.15) is 43.4 Å². The molecule has 1 amide bonds. The molecule has 0 atom stereocenters. The molecule has 1 N–H and O–H groups in total. The molecule has 0 unspecified atom stereocenters. The van der Waals surface area contributed by atoms with Crippen LogP contribution in [0.5, 0.6) is 0 Å². The average Bonchev–Trinajstić information content (AvgIpc) is 2.88. The smallest absolute Gasteiger partial charge is 0.270 e. The first-order chi connectivity index (χ1) is 9.05. The Balaban J connectivity index is 2.97. The summed E-state index contributed by atoms with van der Waals surface area (Å²) >= 11 is 11.9. The molecule has 0 aromatic carbocycles. The van der Waals surface area contributed by atoms with Crippen molar-refractivity contribution in [1.82, 2.24) is 15.1 Å². The summed E-state index contributed by atoms with van der Waals surface area (Å²) in [5.74, 6) is 0.413. The summed E-state index contributed by atoms with van der Waals surface area (Å²) in [4.78, 5) is 12.4. The van der Waals surface area contributed by atoms with Crippen molar-refractivity contribution in [2.24, 2.45) is 0 Å². The standard InChI is InChI=1S/C13H21Cl2N3O/c1-4-10-7-11(18(6-3)17-10)12(19)16-13(5-2,8-14)9-15/h7H,4-6,8-9H2,1-3H3,(H,16,19). The molecule has 4 nitrogen and oxygen atoms in total. The zero-order valence-electron chi connectivity index (χ0n) is 11.7. The number of hydrogen-bond acceptors (Lipinski definition) is 2. The summed E-state index contributed by atoms with van der Waals surface area (Å²) in [5, 5.41) is 7.31. The maximum Gasteiger partial charge on any atom is 0.270 e. The second kappa shape index (κ2) is 7.15. The average molecular weight is 306 g/mol. The Bertz CT molecular complexity index is 419. The van der Waals surface area contributed by atoms with E-state index in [1.165, 1.54) is 0 Å². The van der Waals surface area contributed by atoms with Crippen LogP contribution in [0.25, 0.3) is 0 Å². The van der Waals surface area contributed by atoms with Crippen LogP contribution in [0.4, 0.5) is 0 Å². The maximum absolute atomic E-state index is 12.4. The Morgan fingerprint density at radius 2 is 2.00 bits per heavy atom. The van der Waals surface area contributed by atoms with Crippen molar-refractivity contribution in [3.05, 3.63) is 17.5 Å². The van der Waals surface area contributed by atoms with E-state index < -0.39 is 5.54 Å². The van der Waals surface area contributed by atoms with Gasteiger partial charge in [-0.15, -0.1) is 23.2 Å². The lowest BCUT2D eigenvalue weighted by molar-refractivity contribution is 0.0902. The van der Waals surface area contributed by atoms with Crippen molar-refractivity contribution in [1.29, 1.82) is 0 Å².